The summed E-state index contributed by atoms with van der Waals surface area (Å²) in [5.41, 5.74) is 17.2. The third-order valence-corrected chi connectivity index (χ3v) is 12.2. The summed E-state index contributed by atoms with van der Waals surface area (Å²) in [6, 6.07) is 64.1. The van der Waals surface area contributed by atoms with Crippen molar-refractivity contribution in [1.29, 1.82) is 0 Å². The van der Waals surface area contributed by atoms with Crippen molar-refractivity contribution in [3.63, 3.8) is 0 Å². The van der Waals surface area contributed by atoms with Gasteiger partial charge in [0.15, 0.2) is 28.8 Å². The first-order chi connectivity index (χ1) is 30.7. The summed E-state index contributed by atoms with van der Waals surface area (Å²) in [6.07, 6.45) is 4.64. The quantitative estimate of drug-likeness (QED) is 0.151. The molecule has 62 heavy (non-hydrogen) atoms. The maximum Gasteiger partial charge on any atom is 0.195 e. The van der Waals surface area contributed by atoms with Gasteiger partial charge in [0, 0.05) is 28.5 Å². The van der Waals surface area contributed by atoms with Gasteiger partial charge in [-0.1, -0.05) is 200 Å². The van der Waals surface area contributed by atoms with Crippen LogP contribution in [-0.4, -0.2) is 15.0 Å². The molecule has 0 amide bonds. The Morgan fingerprint density at radius 2 is 1.02 bits per heavy atom. The molecule has 1 heterocycles. The number of rotatable bonds is 7. The summed E-state index contributed by atoms with van der Waals surface area (Å²) >= 11 is 0. The molecule has 1 aromatic heterocycles. The van der Waals surface area contributed by atoms with Gasteiger partial charge in [0.2, 0.25) is 0 Å². The van der Waals surface area contributed by atoms with Crippen LogP contribution in [0.5, 0.6) is 0 Å². The van der Waals surface area contributed by atoms with Crippen LogP contribution >= 0.6 is 0 Å². The Bertz CT molecular complexity index is 3330. The minimum atomic E-state index is 0.122. The lowest BCUT2D eigenvalue weighted by Gasteiger charge is -2.28. The molecule has 0 saturated heterocycles. The molecule has 0 radical (unpaired) electrons. The van der Waals surface area contributed by atoms with E-state index in [2.05, 4.69) is 113 Å². The first kappa shape index (κ1) is 36.6. The first-order valence-corrected chi connectivity index (χ1v) is 20.7. The van der Waals surface area contributed by atoms with Crippen molar-refractivity contribution in [2.24, 2.45) is 0 Å². The molecule has 5 heteroatoms. The van der Waals surface area contributed by atoms with Crippen molar-refractivity contribution in [2.75, 3.05) is 0 Å². The fourth-order valence-corrected chi connectivity index (χ4v) is 9.43. The fraction of sp³-hybridized carbons (Fsp3) is 0.0351. The molecule has 11 rings (SSSR count). The average molecular weight is 790 g/mol. The number of fused-ring (bicyclic) bond motifs is 3. The molecule has 0 saturated carbocycles. The Morgan fingerprint density at radius 1 is 0.419 bits per heavy atom. The molecule has 8 aromatic carbocycles. The van der Waals surface area contributed by atoms with E-state index >= 15 is 0 Å². The Hall–Kier alpha value is -8.51. The van der Waals surface area contributed by atoms with Crippen LogP contribution in [0.4, 0.5) is 11.4 Å². The molecule has 2 aliphatic carbocycles. The van der Waals surface area contributed by atoms with E-state index in [1.165, 1.54) is 33.4 Å². The summed E-state index contributed by atoms with van der Waals surface area (Å²) in [5, 5.41) is 0. The van der Waals surface area contributed by atoms with Gasteiger partial charge in [-0.25, -0.2) is 24.6 Å². The Labute approximate surface area is 360 Å². The normalized spacial score (nSPS) is 14.4. The van der Waals surface area contributed by atoms with E-state index in [1.54, 1.807) is 0 Å². The topological polar surface area (TPSA) is 47.4 Å². The zero-order valence-corrected chi connectivity index (χ0v) is 33.4. The van der Waals surface area contributed by atoms with Crippen LogP contribution in [0.3, 0.4) is 0 Å². The number of benzene rings is 8. The predicted octanol–water partition coefficient (Wildman–Crippen LogP) is 14.9. The summed E-state index contributed by atoms with van der Waals surface area (Å²) in [4.78, 5) is 23.2. The molecule has 5 nitrogen and oxygen atoms in total. The zero-order chi connectivity index (χ0) is 41.6. The van der Waals surface area contributed by atoms with Gasteiger partial charge in [0.05, 0.1) is 13.1 Å². The van der Waals surface area contributed by atoms with E-state index in [0.717, 1.165) is 50.1 Å². The van der Waals surface area contributed by atoms with E-state index < -0.39 is 0 Å². The highest BCUT2D eigenvalue weighted by molar-refractivity contribution is 5.97. The first-order valence-electron chi connectivity index (χ1n) is 20.7. The Balaban J connectivity index is 1.06. The lowest BCUT2D eigenvalue weighted by molar-refractivity contribution is 0.724. The summed E-state index contributed by atoms with van der Waals surface area (Å²) < 4.78 is 0. The van der Waals surface area contributed by atoms with Gasteiger partial charge in [-0.05, 0) is 66.8 Å². The summed E-state index contributed by atoms with van der Waals surface area (Å²) in [7, 11) is 0. The van der Waals surface area contributed by atoms with Crippen LogP contribution < -0.4 is 0 Å². The number of nitrogens with zero attached hydrogens (tertiary/aromatic N) is 5. The maximum absolute atomic E-state index is 8.42. The van der Waals surface area contributed by atoms with E-state index in [4.69, 9.17) is 28.1 Å². The SMILES string of the molecule is [C-]#[N+]c1ccc(-c2ccccc2-c2nc(-c3ccccc3)nc(-c3ccccc3-c3cccc([N+]#[C-])c3-c3cccc(C4C=Cc5cccc6c5C4c4ccccc4-6)c3)n2)cc1. The molecule has 288 valence electrons. The van der Waals surface area contributed by atoms with Gasteiger partial charge >= 0.3 is 0 Å². The number of aromatic nitrogens is 3. The summed E-state index contributed by atoms with van der Waals surface area (Å²) in [6.45, 7) is 15.9. The third-order valence-electron chi connectivity index (χ3n) is 12.2. The Morgan fingerprint density at radius 3 is 1.77 bits per heavy atom. The van der Waals surface area contributed by atoms with Crippen molar-refractivity contribution in [3.05, 3.63) is 239 Å². The minimum absolute atomic E-state index is 0.122. The van der Waals surface area contributed by atoms with Gasteiger partial charge < -0.3 is 0 Å². The molecule has 0 bridgehead atoms. The van der Waals surface area contributed by atoms with Crippen LogP contribution in [0.15, 0.2) is 194 Å². The molecule has 0 fully saturated rings. The predicted molar refractivity (Wildman–Crippen MR) is 250 cm³/mol. The summed E-state index contributed by atoms with van der Waals surface area (Å²) in [5.74, 6) is 1.94. The van der Waals surface area contributed by atoms with E-state index in [9.17, 15) is 0 Å². The van der Waals surface area contributed by atoms with E-state index in [-0.39, 0.29) is 11.8 Å². The second-order valence-corrected chi connectivity index (χ2v) is 15.6. The monoisotopic (exact) mass is 789 g/mol. The number of allylic oxidation sites excluding steroid dienone is 1. The van der Waals surface area contributed by atoms with Crippen molar-refractivity contribution in [1.82, 2.24) is 15.0 Å². The molecule has 0 spiro atoms. The van der Waals surface area contributed by atoms with E-state index in [0.29, 0.717) is 28.8 Å². The molecule has 2 aliphatic rings. The van der Waals surface area contributed by atoms with Crippen molar-refractivity contribution in [3.8, 4) is 78.7 Å². The molecule has 0 N–H and O–H groups in total. The van der Waals surface area contributed by atoms with Crippen LogP contribution in [0, 0.1) is 13.1 Å². The molecule has 9 aromatic rings. The maximum atomic E-state index is 8.42. The van der Waals surface area contributed by atoms with Gasteiger partial charge in [-0.15, -0.1) is 0 Å². The molecular weight excluding hydrogens is 755 g/mol. The van der Waals surface area contributed by atoms with Crippen LogP contribution in [0.2, 0.25) is 0 Å². The highest BCUT2D eigenvalue weighted by atomic mass is 15.0. The molecule has 2 unspecified atom stereocenters. The minimum Gasteiger partial charge on any atom is -0.238 e. The van der Waals surface area contributed by atoms with Crippen LogP contribution in [0.25, 0.3) is 94.4 Å². The standard InChI is InChI=1S/C57H35N5/c1-58-41-32-29-36(30-33-41)42-20-6-10-24-49(42)56-60-55(38-15-4-3-5-16-38)61-57(62-56)50-25-11-8-22-45(50)46-27-14-28-51(59-2)52(46)40-19-12-18-39(35-40)43-34-31-37-17-13-26-47-44-21-7-9-23-48(44)54(43)53(37)47/h3-35,43,54H. The highest BCUT2D eigenvalue weighted by Gasteiger charge is 2.37. The lowest BCUT2D eigenvalue weighted by Crippen LogP contribution is -2.13. The van der Waals surface area contributed by atoms with Gasteiger partial charge in [-0.2, -0.15) is 0 Å². The molecule has 0 aliphatic heterocycles. The van der Waals surface area contributed by atoms with Crippen LogP contribution in [0.1, 0.15) is 34.1 Å². The molecular formula is C57H35N5. The lowest BCUT2D eigenvalue weighted by atomic mass is 9.74. The molecule has 2 atom stereocenters. The third kappa shape index (κ3) is 6.20. The van der Waals surface area contributed by atoms with Gasteiger partial charge in [0.1, 0.15) is 0 Å². The second-order valence-electron chi connectivity index (χ2n) is 15.6. The second kappa shape index (κ2) is 15.3. The fourth-order valence-electron chi connectivity index (χ4n) is 9.43. The smallest absolute Gasteiger partial charge is 0.195 e. The van der Waals surface area contributed by atoms with Crippen molar-refractivity contribution in [2.45, 2.75) is 11.8 Å². The zero-order valence-electron chi connectivity index (χ0n) is 33.4. The van der Waals surface area contributed by atoms with Crippen molar-refractivity contribution >= 4 is 17.5 Å². The van der Waals surface area contributed by atoms with Crippen molar-refractivity contribution < 1.29 is 0 Å². The van der Waals surface area contributed by atoms with Crippen LogP contribution in [-0.2, 0) is 0 Å². The largest absolute Gasteiger partial charge is 0.238 e. The van der Waals surface area contributed by atoms with Gasteiger partial charge in [-0.3, -0.25) is 0 Å². The highest BCUT2D eigenvalue weighted by Crippen LogP contribution is 2.55. The van der Waals surface area contributed by atoms with E-state index in [1.807, 2.05) is 97.1 Å². The number of hydrogen-bond donors (Lipinski definition) is 0. The van der Waals surface area contributed by atoms with Gasteiger partial charge in [0.25, 0.3) is 0 Å². The average Bonchev–Trinajstić information content (AvgIpc) is 3.69. The Kier molecular flexibility index (Phi) is 9.00. The number of hydrogen-bond acceptors (Lipinski definition) is 3.